The molecule has 0 spiro atoms. The first kappa shape index (κ1) is 15.0. The van der Waals surface area contributed by atoms with Gasteiger partial charge in [0.25, 0.3) is 0 Å². The van der Waals surface area contributed by atoms with Gasteiger partial charge in [-0.15, -0.1) is 11.3 Å². The Morgan fingerprint density at radius 1 is 1.20 bits per heavy atom. The number of hydrogen-bond donors (Lipinski definition) is 1. The highest BCUT2D eigenvalue weighted by Crippen LogP contribution is 2.28. The van der Waals surface area contributed by atoms with E-state index in [0.29, 0.717) is 0 Å². The molecule has 0 atom stereocenters. The molecular formula is C15H24N4S. The number of aromatic nitrogens is 2. The number of hydrogen-bond acceptors (Lipinski definition) is 5. The SMILES string of the molecule is CCCCCN(C)c1nc(NCCC)nc2sccc12. The number of unbranched alkanes of at least 4 members (excludes halogenated alkanes) is 2. The summed E-state index contributed by atoms with van der Waals surface area (Å²) >= 11 is 1.68. The van der Waals surface area contributed by atoms with E-state index in [1.54, 1.807) is 11.3 Å². The summed E-state index contributed by atoms with van der Waals surface area (Å²) in [6, 6.07) is 2.12. The van der Waals surface area contributed by atoms with Crippen molar-refractivity contribution in [2.75, 3.05) is 30.4 Å². The highest BCUT2D eigenvalue weighted by molar-refractivity contribution is 7.16. The fourth-order valence-electron chi connectivity index (χ4n) is 2.15. The lowest BCUT2D eigenvalue weighted by Gasteiger charge is -2.19. The maximum Gasteiger partial charge on any atom is 0.226 e. The van der Waals surface area contributed by atoms with Crippen LogP contribution in [0.15, 0.2) is 11.4 Å². The Labute approximate surface area is 125 Å². The normalized spacial score (nSPS) is 10.9. The van der Waals surface area contributed by atoms with E-state index in [-0.39, 0.29) is 0 Å². The molecule has 0 fully saturated rings. The van der Waals surface area contributed by atoms with Crippen molar-refractivity contribution in [3.63, 3.8) is 0 Å². The van der Waals surface area contributed by atoms with Gasteiger partial charge in [-0.25, -0.2) is 4.98 Å². The van der Waals surface area contributed by atoms with E-state index in [1.807, 2.05) is 0 Å². The van der Waals surface area contributed by atoms with E-state index >= 15 is 0 Å². The summed E-state index contributed by atoms with van der Waals surface area (Å²) in [4.78, 5) is 12.6. The van der Waals surface area contributed by atoms with Crippen molar-refractivity contribution < 1.29 is 0 Å². The second-order valence-electron chi connectivity index (χ2n) is 5.07. The van der Waals surface area contributed by atoms with Crippen molar-refractivity contribution in [2.24, 2.45) is 0 Å². The van der Waals surface area contributed by atoms with Gasteiger partial charge in [-0.3, -0.25) is 0 Å². The van der Waals surface area contributed by atoms with Crippen LogP contribution in [-0.2, 0) is 0 Å². The van der Waals surface area contributed by atoms with Gasteiger partial charge in [-0.05, 0) is 24.3 Å². The van der Waals surface area contributed by atoms with Gasteiger partial charge in [0.2, 0.25) is 5.95 Å². The summed E-state index contributed by atoms with van der Waals surface area (Å²) in [7, 11) is 2.12. The minimum atomic E-state index is 0.749. The van der Waals surface area contributed by atoms with Gasteiger partial charge in [0.05, 0.1) is 5.39 Å². The van der Waals surface area contributed by atoms with Gasteiger partial charge in [-0.2, -0.15) is 4.98 Å². The molecule has 2 aromatic heterocycles. The quantitative estimate of drug-likeness (QED) is 0.742. The average Bonchev–Trinajstić information content (AvgIpc) is 2.92. The number of anilines is 2. The topological polar surface area (TPSA) is 41.1 Å². The van der Waals surface area contributed by atoms with Crippen LogP contribution in [0.5, 0.6) is 0 Å². The standard InChI is InChI=1S/C15H24N4S/c1-4-6-7-10-19(3)13-12-8-11-20-14(12)18-15(17-13)16-9-5-2/h8,11H,4-7,9-10H2,1-3H3,(H,16,17,18). The molecule has 0 saturated carbocycles. The van der Waals surface area contributed by atoms with E-state index in [1.165, 1.54) is 19.3 Å². The molecule has 0 amide bonds. The Morgan fingerprint density at radius 2 is 2.05 bits per heavy atom. The van der Waals surface area contributed by atoms with Gasteiger partial charge in [0.15, 0.2) is 0 Å². The lowest BCUT2D eigenvalue weighted by Crippen LogP contribution is -2.20. The lowest BCUT2D eigenvalue weighted by atomic mass is 10.2. The van der Waals surface area contributed by atoms with Gasteiger partial charge in [0.1, 0.15) is 10.6 Å². The third-order valence-corrected chi connectivity index (χ3v) is 4.10. The fraction of sp³-hybridized carbons (Fsp3) is 0.600. The summed E-state index contributed by atoms with van der Waals surface area (Å²) in [5.41, 5.74) is 0. The van der Waals surface area contributed by atoms with Crippen LogP contribution in [0, 0.1) is 0 Å². The Kier molecular flexibility index (Phi) is 5.59. The van der Waals surface area contributed by atoms with Crippen LogP contribution in [0.25, 0.3) is 10.2 Å². The first-order chi connectivity index (χ1) is 9.76. The van der Waals surface area contributed by atoms with Gasteiger partial charge in [-0.1, -0.05) is 26.7 Å². The van der Waals surface area contributed by atoms with Crippen molar-refractivity contribution in [1.29, 1.82) is 0 Å². The van der Waals surface area contributed by atoms with Crippen molar-refractivity contribution in [2.45, 2.75) is 39.5 Å². The average molecular weight is 292 g/mol. The largest absolute Gasteiger partial charge is 0.359 e. The molecule has 4 nitrogen and oxygen atoms in total. The molecule has 2 heterocycles. The highest BCUT2D eigenvalue weighted by atomic mass is 32.1. The first-order valence-corrected chi connectivity index (χ1v) is 8.34. The number of rotatable bonds is 8. The molecular weight excluding hydrogens is 268 g/mol. The molecule has 5 heteroatoms. The van der Waals surface area contributed by atoms with Gasteiger partial charge >= 0.3 is 0 Å². The monoisotopic (exact) mass is 292 g/mol. The van der Waals surface area contributed by atoms with E-state index < -0.39 is 0 Å². The predicted octanol–water partition coefficient (Wildman–Crippen LogP) is 4.14. The number of thiophene rings is 1. The minimum absolute atomic E-state index is 0.749. The van der Waals surface area contributed by atoms with E-state index in [0.717, 1.165) is 41.5 Å². The smallest absolute Gasteiger partial charge is 0.226 e. The van der Waals surface area contributed by atoms with Crippen LogP contribution in [-0.4, -0.2) is 30.1 Å². The third kappa shape index (κ3) is 3.60. The van der Waals surface area contributed by atoms with Crippen molar-refractivity contribution in [3.8, 4) is 0 Å². The predicted molar refractivity (Wildman–Crippen MR) is 89.0 cm³/mol. The summed E-state index contributed by atoms with van der Waals surface area (Å²) < 4.78 is 0. The first-order valence-electron chi connectivity index (χ1n) is 7.46. The Balaban J connectivity index is 2.22. The zero-order valence-electron chi connectivity index (χ0n) is 12.6. The minimum Gasteiger partial charge on any atom is -0.359 e. The fourth-order valence-corrected chi connectivity index (χ4v) is 2.91. The van der Waals surface area contributed by atoms with Crippen LogP contribution in [0.4, 0.5) is 11.8 Å². The lowest BCUT2D eigenvalue weighted by molar-refractivity contribution is 0.702. The molecule has 0 aromatic carbocycles. The van der Waals surface area contributed by atoms with Crippen molar-refractivity contribution in [3.05, 3.63) is 11.4 Å². The molecule has 2 aromatic rings. The summed E-state index contributed by atoms with van der Waals surface area (Å²) in [6.07, 6.45) is 4.80. The summed E-state index contributed by atoms with van der Waals surface area (Å²) in [6.45, 7) is 6.34. The number of nitrogens with one attached hydrogen (secondary N) is 1. The zero-order valence-corrected chi connectivity index (χ0v) is 13.5. The summed E-state index contributed by atoms with van der Waals surface area (Å²) in [5, 5.41) is 6.55. The molecule has 20 heavy (non-hydrogen) atoms. The van der Waals surface area contributed by atoms with E-state index in [2.05, 4.69) is 47.5 Å². The Morgan fingerprint density at radius 3 is 2.80 bits per heavy atom. The molecule has 0 unspecified atom stereocenters. The molecule has 2 rings (SSSR count). The Hall–Kier alpha value is -1.36. The third-order valence-electron chi connectivity index (χ3n) is 3.30. The second-order valence-corrected chi connectivity index (χ2v) is 5.96. The molecule has 0 aliphatic rings. The van der Waals surface area contributed by atoms with E-state index in [9.17, 15) is 0 Å². The van der Waals surface area contributed by atoms with Crippen molar-refractivity contribution in [1.82, 2.24) is 9.97 Å². The van der Waals surface area contributed by atoms with Crippen LogP contribution >= 0.6 is 11.3 Å². The second kappa shape index (κ2) is 7.43. The molecule has 110 valence electrons. The number of nitrogens with zero attached hydrogens (tertiary/aromatic N) is 3. The highest BCUT2D eigenvalue weighted by Gasteiger charge is 2.12. The van der Waals surface area contributed by atoms with E-state index in [4.69, 9.17) is 4.98 Å². The van der Waals surface area contributed by atoms with Crippen LogP contribution in [0.2, 0.25) is 0 Å². The molecule has 0 bridgehead atoms. The summed E-state index contributed by atoms with van der Waals surface area (Å²) in [5.74, 6) is 1.80. The molecule has 0 aliphatic carbocycles. The maximum absolute atomic E-state index is 4.70. The molecule has 0 saturated heterocycles. The van der Waals surface area contributed by atoms with Gasteiger partial charge in [0, 0.05) is 20.1 Å². The maximum atomic E-state index is 4.70. The van der Waals surface area contributed by atoms with Gasteiger partial charge < -0.3 is 10.2 Å². The van der Waals surface area contributed by atoms with Crippen LogP contribution in [0.1, 0.15) is 39.5 Å². The number of fused-ring (bicyclic) bond motifs is 1. The van der Waals surface area contributed by atoms with Crippen LogP contribution in [0.3, 0.4) is 0 Å². The molecule has 0 aliphatic heterocycles. The van der Waals surface area contributed by atoms with Crippen LogP contribution < -0.4 is 10.2 Å². The molecule has 1 N–H and O–H groups in total. The molecule has 0 radical (unpaired) electrons. The Bertz CT molecular complexity index is 538. The zero-order chi connectivity index (χ0) is 14.4. The van der Waals surface area contributed by atoms with Crippen molar-refractivity contribution >= 4 is 33.3 Å².